The van der Waals surface area contributed by atoms with Crippen molar-refractivity contribution in [2.24, 2.45) is 0 Å². The molecular formula is C14H13N3O2. The molecule has 0 aliphatic rings. The Morgan fingerprint density at radius 3 is 2.95 bits per heavy atom. The Morgan fingerprint density at radius 1 is 1.42 bits per heavy atom. The average Bonchev–Trinajstić information content (AvgIpc) is 2.43. The Bertz CT molecular complexity index is 671. The molecule has 0 fully saturated rings. The van der Waals surface area contributed by atoms with Gasteiger partial charge in [0.1, 0.15) is 5.75 Å². The van der Waals surface area contributed by atoms with Gasteiger partial charge < -0.3 is 4.74 Å². The van der Waals surface area contributed by atoms with Gasteiger partial charge >= 0.3 is 0 Å². The van der Waals surface area contributed by atoms with Gasteiger partial charge in [-0.05, 0) is 25.1 Å². The molecule has 19 heavy (non-hydrogen) atoms. The third-order valence-electron chi connectivity index (χ3n) is 2.61. The standard InChI is InChI=1S/C14H13N3O2/c1-2-19-13-6-4-3-5-11(13)12-9-10(7-8-15)14(18)17-16-12/h3-6,9H,2,7H2,1H3,(H,17,18). The van der Waals surface area contributed by atoms with Gasteiger partial charge in [0.25, 0.3) is 5.56 Å². The van der Waals surface area contributed by atoms with Crippen LogP contribution in [0.1, 0.15) is 12.5 Å². The van der Waals surface area contributed by atoms with E-state index in [1.165, 1.54) is 0 Å². The number of benzene rings is 1. The number of H-pyrrole nitrogens is 1. The fourth-order valence-electron chi connectivity index (χ4n) is 1.76. The monoisotopic (exact) mass is 255 g/mol. The first-order chi connectivity index (χ1) is 9.26. The van der Waals surface area contributed by atoms with Crippen LogP contribution in [-0.2, 0) is 6.42 Å². The summed E-state index contributed by atoms with van der Waals surface area (Å²) in [7, 11) is 0. The van der Waals surface area contributed by atoms with Crippen LogP contribution in [0.25, 0.3) is 11.3 Å². The molecule has 0 amide bonds. The molecule has 0 aliphatic carbocycles. The molecule has 5 nitrogen and oxygen atoms in total. The van der Waals surface area contributed by atoms with Crippen LogP contribution in [0, 0.1) is 11.3 Å². The summed E-state index contributed by atoms with van der Waals surface area (Å²) in [5, 5.41) is 15.1. The Balaban J connectivity index is 2.50. The third-order valence-corrected chi connectivity index (χ3v) is 2.61. The highest BCUT2D eigenvalue weighted by Gasteiger charge is 2.09. The second kappa shape index (κ2) is 5.83. The topological polar surface area (TPSA) is 78.8 Å². The molecule has 0 radical (unpaired) electrons. The smallest absolute Gasteiger partial charge is 0.268 e. The van der Waals surface area contributed by atoms with E-state index < -0.39 is 0 Å². The van der Waals surface area contributed by atoms with Crippen molar-refractivity contribution in [2.75, 3.05) is 6.61 Å². The third kappa shape index (κ3) is 2.80. The molecule has 0 spiro atoms. The molecular weight excluding hydrogens is 242 g/mol. The fraction of sp³-hybridized carbons (Fsp3) is 0.214. The summed E-state index contributed by atoms with van der Waals surface area (Å²) in [6.07, 6.45) is 0.0572. The zero-order valence-corrected chi connectivity index (χ0v) is 10.5. The molecule has 96 valence electrons. The molecule has 0 aliphatic heterocycles. The molecule has 1 aromatic heterocycles. The van der Waals surface area contributed by atoms with Gasteiger partial charge in [0.05, 0.1) is 24.8 Å². The van der Waals surface area contributed by atoms with Crippen molar-refractivity contribution in [3.63, 3.8) is 0 Å². The summed E-state index contributed by atoms with van der Waals surface area (Å²) >= 11 is 0. The lowest BCUT2D eigenvalue weighted by atomic mass is 10.1. The van der Waals surface area contributed by atoms with Crippen molar-refractivity contribution in [3.8, 4) is 23.1 Å². The number of rotatable bonds is 4. The van der Waals surface area contributed by atoms with Gasteiger partial charge in [-0.1, -0.05) is 12.1 Å². The van der Waals surface area contributed by atoms with E-state index in [0.717, 1.165) is 5.56 Å². The van der Waals surface area contributed by atoms with Crippen molar-refractivity contribution >= 4 is 0 Å². The predicted octanol–water partition coefficient (Wildman–Crippen LogP) is 1.90. The van der Waals surface area contributed by atoms with Gasteiger partial charge in [0.2, 0.25) is 0 Å². The molecule has 5 heteroatoms. The number of nitrogens with zero attached hydrogens (tertiary/aromatic N) is 2. The highest BCUT2D eigenvalue weighted by molar-refractivity contribution is 5.67. The number of nitrogens with one attached hydrogen (secondary N) is 1. The van der Waals surface area contributed by atoms with Gasteiger partial charge in [0.15, 0.2) is 0 Å². The van der Waals surface area contributed by atoms with Crippen LogP contribution < -0.4 is 10.3 Å². The lowest BCUT2D eigenvalue weighted by molar-refractivity contribution is 0.341. The highest BCUT2D eigenvalue weighted by atomic mass is 16.5. The van der Waals surface area contributed by atoms with E-state index >= 15 is 0 Å². The summed E-state index contributed by atoms with van der Waals surface area (Å²) in [4.78, 5) is 11.5. The maximum absolute atomic E-state index is 11.5. The normalized spacial score (nSPS) is 9.89. The Labute approximate surface area is 110 Å². The minimum absolute atomic E-state index is 0.0572. The van der Waals surface area contributed by atoms with Crippen LogP contribution in [0.2, 0.25) is 0 Å². The van der Waals surface area contributed by atoms with Gasteiger partial charge in [-0.3, -0.25) is 4.79 Å². The zero-order chi connectivity index (χ0) is 13.7. The van der Waals surface area contributed by atoms with Crippen LogP contribution in [0.4, 0.5) is 0 Å². The Morgan fingerprint density at radius 2 is 2.21 bits per heavy atom. The largest absolute Gasteiger partial charge is 0.493 e. The van der Waals surface area contributed by atoms with Gasteiger partial charge in [-0.15, -0.1) is 0 Å². The minimum Gasteiger partial charge on any atom is -0.493 e. The molecule has 0 bridgehead atoms. The summed E-state index contributed by atoms with van der Waals surface area (Å²) in [6.45, 7) is 2.45. The second-order valence-corrected chi connectivity index (χ2v) is 3.87. The first-order valence-electron chi connectivity index (χ1n) is 5.94. The summed E-state index contributed by atoms with van der Waals surface area (Å²) < 4.78 is 5.52. The van der Waals surface area contributed by atoms with E-state index in [4.69, 9.17) is 10.00 Å². The average molecular weight is 255 g/mol. The number of hydrogen-bond donors (Lipinski definition) is 1. The van der Waals surface area contributed by atoms with Crippen LogP contribution in [0.3, 0.4) is 0 Å². The first-order valence-corrected chi connectivity index (χ1v) is 5.94. The fourth-order valence-corrected chi connectivity index (χ4v) is 1.76. The summed E-state index contributed by atoms with van der Waals surface area (Å²) in [5.74, 6) is 0.701. The number of hydrogen-bond acceptors (Lipinski definition) is 4. The molecule has 2 rings (SSSR count). The van der Waals surface area contributed by atoms with Crippen molar-refractivity contribution in [1.82, 2.24) is 10.2 Å². The lowest BCUT2D eigenvalue weighted by Gasteiger charge is -2.09. The summed E-state index contributed by atoms with van der Waals surface area (Å²) in [5.41, 5.74) is 1.45. The Kier molecular flexibility index (Phi) is 3.94. The minimum atomic E-state index is -0.334. The molecule has 2 aromatic rings. The van der Waals surface area contributed by atoms with E-state index in [0.29, 0.717) is 23.6 Å². The second-order valence-electron chi connectivity index (χ2n) is 3.87. The lowest BCUT2D eigenvalue weighted by Crippen LogP contribution is -2.14. The number of aromatic nitrogens is 2. The van der Waals surface area contributed by atoms with Crippen molar-refractivity contribution in [3.05, 3.63) is 46.2 Å². The molecule has 1 heterocycles. The molecule has 1 aromatic carbocycles. The quantitative estimate of drug-likeness (QED) is 0.905. The highest BCUT2D eigenvalue weighted by Crippen LogP contribution is 2.27. The number of aromatic amines is 1. The summed E-state index contributed by atoms with van der Waals surface area (Å²) in [6, 6.07) is 11.0. The maximum atomic E-state index is 11.5. The van der Waals surface area contributed by atoms with Gasteiger partial charge in [-0.25, -0.2) is 5.10 Å². The molecule has 0 saturated heterocycles. The molecule has 0 unspecified atom stereocenters. The van der Waals surface area contributed by atoms with Gasteiger partial charge in [0, 0.05) is 11.1 Å². The van der Waals surface area contributed by atoms with Crippen molar-refractivity contribution in [1.29, 1.82) is 5.26 Å². The molecule has 0 saturated carbocycles. The van der Waals surface area contributed by atoms with Crippen LogP contribution >= 0.6 is 0 Å². The number of ether oxygens (including phenoxy) is 1. The molecule has 0 atom stereocenters. The van der Waals surface area contributed by atoms with Crippen LogP contribution in [-0.4, -0.2) is 16.8 Å². The Hall–Kier alpha value is -2.61. The molecule has 1 N–H and O–H groups in total. The van der Waals surface area contributed by atoms with Crippen molar-refractivity contribution < 1.29 is 4.74 Å². The zero-order valence-electron chi connectivity index (χ0n) is 10.5. The number of para-hydroxylation sites is 1. The number of nitriles is 1. The van der Waals surface area contributed by atoms with E-state index in [1.54, 1.807) is 6.07 Å². The van der Waals surface area contributed by atoms with E-state index in [9.17, 15) is 4.79 Å². The van der Waals surface area contributed by atoms with Gasteiger partial charge in [-0.2, -0.15) is 10.4 Å². The van der Waals surface area contributed by atoms with E-state index in [-0.39, 0.29) is 12.0 Å². The predicted molar refractivity (Wildman–Crippen MR) is 70.8 cm³/mol. The maximum Gasteiger partial charge on any atom is 0.268 e. The SMILES string of the molecule is CCOc1ccccc1-c1cc(CC#N)c(=O)[nH]n1. The first kappa shape index (κ1) is 12.8. The van der Waals surface area contributed by atoms with E-state index in [1.807, 2.05) is 37.3 Å². The van der Waals surface area contributed by atoms with Crippen LogP contribution in [0.15, 0.2) is 35.1 Å². The van der Waals surface area contributed by atoms with Crippen LogP contribution in [0.5, 0.6) is 5.75 Å². The van der Waals surface area contributed by atoms with Crippen molar-refractivity contribution in [2.45, 2.75) is 13.3 Å². The van der Waals surface area contributed by atoms with E-state index in [2.05, 4.69) is 10.2 Å².